The topological polar surface area (TPSA) is 93.4 Å². The monoisotopic (exact) mass is 262 g/mol. The molecule has 0 atom stereocenters. The Balaban J connectivity index is 2.08. The van der Waals surface area contributed by atoms with E-state index in [0.29, 0.717) is 22.9 Å². The van der Waals surface area contributed by atoms with Crippen LogP contribution in [0.25, 0.3) is 17.2 Å². The fourth-order valence-electron chi connectivity index (χ4n) is 1.86. The quantitative estimate of drug-likeness (QED) is 0.759. The molecule has 20 heavy (non-hydrogen) atoms. The zero-order valence-electron chi connectivity index (χ0n) is 10.4. The first-order valence-electron chi connectivity index (χ1n) is 5.91. The number of benzene rings is 1. The van der Waals surface area contributed by atoms with Crippen LogP contribution in [-0.2, 0) is 0 Å². The Kier molecular flexibility index (Phi) is 2.86. The molecule has 2 heterocycles. The van der Waals surface area contributed by atoms with Crippen LogP contribution in [0.2, 0.25) is 0 Å². The second-order valence-corrected chi connectivity index (χ2v) is 4.12. The smallest absolute Gasteiger partial charge is 0.250 e. The highest BCUT2D eigenvalue weighted by Gasteiger charge is 2.11. The van der Waals surface area contributed by atoms with Crippen molar-refractivity contribution >= 4 is 5.69 Å². The number of nitriles is 1. The van der Waals surface area contributed by atoms with E-state index in [1.165, 1.54) is 4.68 Å². The van der Waals surface area contributed by atoms with Crippen molar-refractivity contribution in [1.29, 1.82) is 5.26 Å². The van der Waals surface area contributed by atoms with E-state index in [4.69, 9.17) is 11.0 Å². The van der Waals surface area contributed by atoms with Crippen LogP contribution in [-0.4, -0.2) is 19.7 Å². The van der Waals surface area contributed by atoms with E-state index in [-0.39, 0.29) is 0 Å². The first-order valence-corrected chi connectivity index (χ1v) is 5.91. The van der Waals surface area contributed by atoms with Crippen molar-refractivity contribution in [3.63, 3.8) is 0 Å². The SMILES string of the molecule is N#Cc1cccc(-c2nn(-c3ncccn3)cc2N)c1. The summed E-state index contributed by atoms with van der Waals surface area (Å²) in [5.41, 5.74) is 8.44. The Bertz CT molecular complexity index is 785. The van der Waals surface area contributed by atoms with Crippen molar-refractivity contribution in [3.8, 4) is 23.3 Å². The summed E-state index contributed by atoms with van der Waals surface area (Å²) in [6, 6.07) is 11.0. The second kappa shape index (κ2) is 4.82. The lowest BCUT2D eigenvalue weighted by molar-refractivity contribution is 0.811. The number of rotatable bonds is 2. The van der Waals surface area contributed by atoms with E-state index in [9.17, 15) is 0 Å². The molecule has 0 aliphatic carbocycles. The van der Waals surface area contributed by atoms with E-state index in [1.807, 2.05) is 6.07 Å². The third-order valence-corrected chi connectivity index (χ3v) is 2.76. The number of aromatic nitrogens is 4. The van der Waals surface area contributed by atoms with Gasteiger partial charge in [0.1, 0.15) is 5.69 Å². The standard InChI is InChI=1S/C14H10N6/c15-8-10-3-1-4-11(7-10)13-12(16)9-20(19-13)14-17-5-2-6-18-14/h1-7,9H,16H2. The number of hydrogen-bond donors (Lipinski definition) is 1. The van der Waals surface area contributed by atoms with Crippen LogP contribution in [0.4, 0.5) is 5.69 Å². The highest BCUT2D eigenvalue weighted by Crippen LogP contribution is 2.25. The van der Waals surface area contributed by atoms with Gasteiger partial charge in [-0.25, -0.2) is 14.6 Å². The molecule has 1 aromatic carbocycles. The molecule has 0 saturated heterocycles. The summed E-state index contributed by atoms with van der Waals surface area (Å²) in [5, 5.41) is 13.3. The van der Waals surface area contributed by atoms with Crippen LogP contribution in [0, 0.1) is 11.3 Å². The number of hydrogen-bond acceptors (Lipinski definition) is 5. The van der Waals surface area contributed by atoms with Gasteiger partial charge in [0.15, 0.2) is 0 Å². The van der Waals surface area contributed by atoms with Gasteiger partial charge in [0, 0.05) is 18.0 Å². The van der Waals surface area contributed by atoms with Crippen LogP contribution in [0.15, 0.2) is 48.9 Å². The van der Waals surface area contributed by atoms with Crippen LogP contribution in [0.3, 0.4) is 0 Å². The summed E-state index contributed by atoms with van der Waals surface area (Å²) in [5.74, 6) is 0.446. The lowest BCUT2D eigenvalue weighted by atomic mass is 10.1. The Morgan fingerprint density at radius 3 is 2.70 bits per heavy atom. The predicted molar refractivity (Wildman–Crippen MR) is 73.7 cm³/mol. The number of anilines is 1. The largest absolute Gasteiger partial charge is 0.396 e. The normalized spacial score (nSPS) is 10.2. The average molecular weight is 262 g/mol. The maximum absolute atomic E-state index is 8.93. The summed E-state index contributed by atoms with van der Waals surface area (Å²) in [6.07, 6.45) is 4.93. The van der Waals surface area contributed by atoms with Gasteiger partial charge in [0.25, 0.3) is 5.95 Å². The Morgan fingerprint density at radius 1 is 1.15 bits per heavy atom. The minimum absolute atomic E-state index is 0.446. The van der Waals surface area contributed by atoms with Gasteiger partial charge in [-0.1, -0.05) is 12.1 Å². The molecule has 6 heteroatoms. The maximum atomic E-state index is 8.93. The highest BCUT2D eigenvalue weighted by atomic mass is 15.3. The number of nitrogens with two attached hydrogens (primary N) is 1. The Labute approximate surface area is 115 Å². The fraction of sp³-hybridized carbons (Fsp3) is 0. The molecule has 0 spiro atoms. The minimum atomic E-state index is 0.446. The van der Waals surface area contributed by atoms with Gasteiger partial charge < -0.3 is 5.73 Å². The summed E-state index contributed by atoms with van der Waals surface area (Å²) >= 11 is 0. The lowest BCUT2D eigenvalue weighted by Gasteiger charge is -1.99. The molecule has 3 rings (SSSR count). The maximum Gasteiger partial charge on any atom is 0.250 e. The van der Waals surface area contributed by atoms with Gasteiger partial charge in [0.2, 0.25) is 0 Å². The molecule has 0 aliphatic rings. The van der Waals surface area contributed by atoms with Crippen molar-refractivity contribution < 1.29 is 0 Å². The molecular weight excluding hydrogens is 252 g/mol. The third-order valence-electron chi connectivity index (χ3n) is 2.76. The molecule has 3 aromatic rings. The van der Waals surface area contributed by atoms with Crippen molar-refractivity contribution in [2.75, 3.05) is 5.73 Å². The fourth-order valence-corrected chi connectivity index (χ4v) is 1.86. The minimum Gasteiger partial charge on any atom is -0.396 e. The second-order valence-electron chi connectivity index (χ2n) is 4.12. The number of nitrogen functional groups attached to an aromatic ring is 1. The molecule has 0 amide bonds. The molecule has 0 unspecified atom stereocenters. The van der Waals surface area contributed by atoms with Gasteiger partial charge >= 0.3 is 0 Å². The zero-order valence-corrected chi connectivity index (χ0v) is 10.4. The van der Waals surface area contributed by atoms with E-state index in [2.05, 4.69) is 21.1 Å². The molecule has 0 aliphatic heterocycles. The molecule has 2 aromatic heterocycles. The van der Waals surface area contributed by atoms with Crippen LogP contribution in [0.1, 0.15) is 5.56 Å². The van der Waals surface area contributed by atoms with Crippen LogP contribution < -0.4 is 5.73 Å². The first kappa shape index (κ1) is 11.9. The third kappa shape index (κ3) is 2.08. The van der Waals surface area contributed by atoms with Gasteiger partial charge in [-0.3, -0.25) is 0 Å². The van der Waals surface area contributed by atoms with E-state index < -0.39 is 0 Å². The van der Waals surface area contributed by atoms with Crippen LogP contribution in [0.5, 0.6) is 0 Å². The molecule has 0 bridgehead atoms. The molecule has 0 radical (unpaired) electrons. The molecule has 0 fully saturated rings. The van der Waals surface area contributed by atoms with Crippen molar-refractivity contribution in [1.82, 2.24) is 19.7 Å². The van der Waals surface area contributed by atoms with Gasteiger partial charge in [-0.05, 0) is 18.2 Å². The zero-order chi connectivity index (χ0) is 13.9. The summed E-state index contributed by atoms with van der Waals surface area (Å²) < 4.78 is 1.52. The van der Waals surface area contributed by atoms with E-state index >= 15 is 0 Å². The van der Waals surface area contributed by atoms with Crippen molar-refractivity contribution in [3.05, 3.63) is 54.5 Å². The van der Waals surface area contributed by atoms with E-state index in [0.717, 1.165) is 5.56 Å². The highest BCUT2D eigenvalue weighted by molar-refractivity contribution is 5.73. The Hall–Kier alpha value is -3.20. The Morgan fingerprint density at radius 2 is 1.95 bits per heavy atom. The number of nitrogens with zero attached hydrogens (tertiary/aromatic N) is 5. The molecule has 0 saturated carbocycles. The molecule has 2 N–H and O–H groups in total. The summed E-state index contributed by atoms with van der Waals surface area (Å²) in [4.78, 5) is 8.22. The average Bonchev–Trinajstić information content (AvgIpc) is 2.90. The predicted octanol–water partition coefficient (Wildman–Crippen LogP) is 1.78. The lowest BCUT2D eigenvalue weighted by Crippen LogP contribution is -2.00. The molecule has 6 nitrogen and oxygen atoms in total. The molecular formula is C14H10N6. The summed E-state index contributed by atoms with van der Waals surface area (Å²) in [7, 11) is 0. The van der Waals surface area contributed by atoms with Gasteiger partial charge in [-0.15, -0.1) is 0 Å². The van der Waals surface area contributed by atoms with E-state index in [1.54, 1.807) is 42.9 Å². The van der Waals surface area contributed by atoms with Gasteiger partial charge in [0.05, 0.1) is 23.5 Å². The van der Waals surface area contributed by atoms with Crippen LogP contribution >= 0.6 is 0 Å². The van der Waals surface area contributed by atoms with Crippen molar-refractivity contribution in [2.24, 2.45) is 0 Å². The van der Waals surface area contributed by atoms with Crippen molar-refractivity contribution in [2.45, 2.75) is 0 Å². The summed E-state index contributed by atoms with van der Waals surface area (Å²) in [6.45, 7) is 0. The first-order chi connectivity index (χ1) is 9.78. The van der Waals surface area contributed by atoms with Gasteiger partial charge in [-0.2, -0.15) is 10.4 Å². The molecule has 96 valence electrons.